The number of fused-ring (bicyclic) bond motifs is 3. The van der Waals surface area contributed by atoms with E-state index in [4.69, 9.17) is 9.72 Å². The molecule has 3 aromatic heterocycles. The average Bonchev–Trinajstić information content (AvgIpc) is 3.36. The van der Waals surface area contributed by atoms with Gasteiger partial charge in [-0.25, -0.2) is 9.97 Å². The van der Waals surface area contributed by atoms with E-state index < -0.39 is 0 Å². The molecule has 0 radical (unpaired) electrons. The summed E-state index contributed by atoms with van der Waals surface area (Å²) in [6.07, 6.45) is 4.53. The highest BCUT2D eigenvalue weighted by atomic mass is 32.2. The van der Waals surface area contributed by atoms with Crippen molar-refractivity contribution in [3.63, 3.8) is 0 Å². The van der Waals surface area contributed by atoms with E-state index in [9.17, 15) is 9.59 Å². The summed E-state index contributed by atoms with van der Waals surface area (Å²) in [5.74, 6) is 0.160. The Kier molecular flexibility index (Phi) is 6.17. The SMILES string of the molecule is CCC(C)NC(=O)CSc1nc2c(sc3ncccc32)c(=O)n1CC1CCCO1. The molecule has 9 heteroatoms. The van der Waals surface area contributed by atoms with Crippen LogP contribution in [0.2, 0.25) is 0 Å². The van der Waals surface area contributed by atoms with Gasteiger partial charge in [0.25, 0.3) is 5.56 Å². The topological polar surface area (TPSA) is 86.1 Å². The molecule has 1 fully saturated rings. The Bertz CT molecular complexity index is 1090. The summed E-state index contributed by atoms with van der Waals surface area (Å²) in [5, 5.41) is 4.39. The Labute approximate surface area is 176 Å². The fourth-order valence-corrected chi connectivity index (χ4v) is 5.20. The van der Waals surface area contributed by atoms with Crippen molar-refractivity contribution in [1.82, 2.24) is 19.9 Å². The van der Waals surface area contributed by atoms with Gasteiger partial charge in [0, 0.05) is 24.2 Å². The molecule has 3 aromatic rings. The maximum Gasteiger partial charge on any atom is 0.272 e. The van der Waals surface area contributed by atoms with Gasteiger partial charge >= 0.3 is 0 Å². The lowest BCUT2D eigenvalue weighted by Gasteiger charge is -2.16. The molecule has 7 nitrogen and oxygen atoms in total. The third-order valence-corrected chi connectivity index (χ3v) is 7.15. The van der Waals surface area contributed by atoms with E-state index >= 15 is 0 Å². The van der Waals surface area contributed by atoms with E-state index in [1.54, 1.807) is 10.8 Å². The van der Waals surface area contributed by atoms with E-state index in [2.05, 4.69) is 10.3 Å². The molecule has 0 saturated carbocycles. The minimum atomic E-state index is -0.0849. The number of carbonyl (C=O) groups is 1. The Hall–Kier alpha value is -1.97. The van der Waals surface area contributed by atoms with Crippen molar-refractivity contribution in [2.75, 3.05) is 12.4 Å². The molecule has 2 atom stereocenters. The molecule has 0 aliphatic carbocycles. The van der Waals surface area contributed by atoms with Gasteiger partial charge in [0.2, 0.25) is 5.91 Å². The van der Waals surface area contributed by atoms with E-state index in [0.717, 1.165) is 36.1 Å². The molecular weight excluding hydrogens is 408 g/mol. The molecule has 2 unspecified atom stereocenters. The summed E-state index contributed by atoms with van der Waals surface area (Å²) in [5.41, 5.74) is 0.579. The van der Waals surface area contributed by atoms with Gasteiger partial charge in [0.15, 0.2) is 5.16 Å². The maximum atomic E-state index is 13.3. The summed E-state index contributed by atoms with van der Waals surface area (Å²) in [7, 11) is 0. The summed E-state index contributed by atoms with van der Waals surface area (Å²) in [4.78, 5) is 35.6. The molecule has 1 aliphatic rings. The van der Waals surface area contributed by atoms with Crippen molar-refractivity contribution in [3.05, 3.63) is 28.7 Å². The van der Waals surface area contributed by atoms with Crippen LogP contribution in [0.3, 0.4) is 0 Å². The van der Waals surface area contributed by atoms with Crippen molar-refractivity contribution in [3.8, 4) is 0 Å². The van der Waals surface area contributed by atoms with Crippen LogP contribution in [0, 0.1) is 0 Å². The number of hydrogen-bond donors (Lipinski definition) is 1. The van der Waals surface area contributed by atoms with Crippen LogP contribution < -0.4 is 10.9 Å². The number of aromatic nitrogens is 3. The number of rotatable bonds is 7. The molecule has 1 aliphatic heterocycles. The summed E-state index contributed by atoms with van der Waals surface area (Å²) >= 11 is 2.67. The van der Waals surface area contributed by atoms with Crippen LogP contribution in [0.5, 0.6) is 0 Å². The minimum absolute atomic E-state index is 0.00717. The monoisotopic (exact) mass is 432 g/mol. The second kappa shape index (κ2) is 8.81. The first kappa shape index (κ1) is 20.3. The normalized spacial score (nSPS) is 17.8. The summed E-state index contributed by atoms with van der Waals surface area (Å²) in [6.45, 7) is 5.19. The van der Waals surface area contributed by atoms with Crippen molar-refractivity contribution in [2.24, 2.45) is 0 Å². The lowest BCUT2D eigenvalue weighted by Crippen LogP contribution is -2.34. The third-order valence-electron chi connectivity index (χ3n) is 5.08. The average molecular weight is 433 g/mol. The van der Waals surface area contributed by atoms with Crippen LogP contribution in [-0.2, 0) is 16.1 Å². The van der Waals surface area contributed by atoms with Crippen LogP contribution in [0.4, 0.5) is 0 Å². The van der Waals surface area contributed by atoms with Crippen LogP contribution in [0.15, 0.2) is 28.3 Å². The Balaban J connectivity index is 1.71. The zero-order valence-corrected chi connectivity index (χ0v) is 18.1. The fourth-order valence-electron chi connectivity index (χ4n) is 3.35. The standard InChI is InChI=1S/C20H24N4O3S2/c1-3-12(2)22-15(25)11-28-20-23-16-14-7-4-8-21-18(14)29-17(16)19(26)24(20)10-13-6-5-9-27-13/h4,7-8,12-13H,3,5-6,9-11H2,1-2H3,(H,22,25). The molecular formula is C20H24N4O3S2. The number of amides is 1. The molecule has 154 valence electrons. The molecule has 29 heavy (non-hydrogen) atoms. The van der Waals surface area contributed by atoms with E-state index in [0.29, 0.717) is 21.9 Å². The fraction of sp³-hybridized carbons (Fsp3) is 0.500. The lowest BCUT2D eigenvalue weighted by atomic mass is 10.2. The van der Waals surface area contributed by atoms with Gasteiger partial charge in [0.1, 0.15) is 9.53 Å². The predicted octanol–water partition coefficient (Wildman–Crippen LogP) is 3.19. The molecule has 4 rings (SSSR count). The van der Waals surface area contributed by atoms with Crippen molar-refractivity contribution in [2.45, 2.75) is 57.0 Å². The quantitative estimate of drug-likeness (QED) is 0.456. The smallest absolute Gasteiger partial charge is 0.272 e. The number of nitrogens with one attached hydrogen (secondary N) is 1. The molecule has 0 aromatic carbocycles. The molecule has 0 spiro atoms. The number of thioether (sulfide) groups is 1. The first-order chi connectivity index (χ1) is 14.1. The summed E-state index contributed by atoms with van der Waals surface area (Å²) in [6, 6.07) is 3.90. The Morgan fingerprint density at radius 2 is 2.38 bits per heavy atom. The number of ether oxygens (including phenoxy) is 1. The highest BCUT2D eigenvalue weighted by Gasteiger charge is 2.22. The van der Waals surface area contributed by atoms with E-state index in [1.807, 2.05) is 26.0 Å². The number of hydrogen-bond acceptors (Lipinski definition) is 7. The number of thiophene rings is 1. The van der Waals surface area contributed by atoms with Crippen LogP contribution >= 0.6 is 23.1 Å². The van der Waals surface area contributed by atoms with Crippen LogP contribution in [0.25, 0.3) is 20.4 Å². The first-order valence-electron chi connectivity index (χ1n) is 9.88. The first-order valence-corrected chi connectivity index (χ1v) is 11.7. The maximum absolute atomic E-state index is 13.3. The zero-order valence-electron chi connectivity index (χ0n) is 16.5. The largest absolute Gasteiger partial charge is 0.376 e. The minimum Gasteiger partial charge on any atom is -0.376 e. The number of pyridine rings is 1. The van der Waals surface area contributed by atoms with Gasteiger partial charge in [-0.15, -0.1) is 11.3 Å². The van der Waals surface area contributed by atoms with Gasteiger partial charge in [-0.2, -0.15) is 0 Å². The van der Waals surface area contributed by atoms with Gasteiger partial charge in [0.05, 0.1) is 23.9 Å². The summed E-state index contributed by atoms with van der Waals surface area (Å²) < 4.78 is 8.02. The highest BCUT2D eigenvalue weighted by Crippen LogP contribution is 2.30. The lowest BCUT2D eigenvalue weighted by molar-refractivity contribution is -0.119. The van der Waals surface area contributed by atoms with Gasteiger partial charge in [-0.1, -0.05) is 18.7 Å². The molecule has 1 saturated heterocycles. The van der Waals surface area contributed by atoms with Gasteiger partial charge < -0.3 is 10.1 Å². The zero-order chi connectivity index (χ0) is 20.4. The predicted molar refractivity (Wildman–Crippen MR) is 117 cm³/mol. The van der Waals surface area contributed by atoms with Crippen LogP contribution in [0.1, 0.15) is 33.1 Å². The number of carbonyl (C=O) groups excluding carboxylic acids is 1. The molecule has 1 amide bonds. The van der Waals surface area contributed by atoms with E-state index in [1.165, 1.54) is 23.1 Å². The van der Waals surface area contributed by atoms with Crippen LogP contribution in [-0.4, -0.2) is 44.9 Å². The van der Waals surface area contributed by atoms with Crippen molar-refractivity contribution < 1.29 is 9.53 Å². The van der Waals surface area contributed by atoms with E-state index in [-0.39, 0.29) is 29.4 Å². The van der Waals surface area contributed by atoms with Gasteiger partial charge in [-0.3, -0.25) is 14.2 Å². The third kappa shape index (κ3) is 4.31. The number of nitrogens with zero attached hydrogens (tertiary/aromatic N) is 3. The Morgan fingerprint density at radius 1 is 1.52 bits per heavy atom. The van der Waals surface area contributed by atoms with Crippen molar-refractivity contribution >= 4 is 49.4 Å². The Morgan fingerprint density at radius 3 is 3.14 bits per heavy atom. The molecule has 1 N–H and O–H groups in total. The molecule has 0 bridgehead atoms. The molecule has 4 heterocycles. The van der Waals surface area contributed by atoms with Crippen molar-refractivity contribution in [1.29, 1.82) is 0 Å². The highest BCUT2D eigenvalue weighted by molar-refractivity contribution is 7.99. The van der Waals surface area contributed by atoms with Gasteiger partial charge in [-0.05, 0) is 38.3 Å². The second-order valence-corrected chi connectivity index (χ2v) is 9.19. The second-order valence-electron chi connectivity index (χ2n) is 7.25.